The topological polar surface area (TPSA) is 64.4 Å². The summed E-state index contributed by atoms with van der Waals surface area (Å²) < 4.78 is 5.54. The number of benzene rings is 2. The molecule has 4 aliphatic heterocycles. The zero-order valence-electron chi connectivity index (χ0n) is 27.8. The Bertz CT molecular complexity index is 1870. The Morgan fingerprint density at radius 3 is 2.65 bits per heavy atom. The largest absolute Gasteiger partial charge is 0.469 e. The average molecular weight is 617 g/mol. The molecule has 0 spiro atoms. The Labute approximate surface area is 272 Å². The summed E-state index contributed by atoms with van der Waals surface area (Å²) in [6.07, 6.45) is 9.16. The van der Waals surface area contributed by atoms with Gasteiger partial charge in [0, 0.05) is 76.7 Å². The van der Waals surface area contributed by atoms with Crippen LogP contribution in [0.1, 0.15) is 79.4 Å². The number of carbonyl (C=O) groups excluding carboxylic acids is 1. The molecule has 1 unspecified atom stereocenters. The Morgan fingerprint density at radius 1 is 1.00 bits per heavy atom. The molecule has 6 nitrogen and oxygen atoms in total. The minimum atomic E-state index is -0.194. The number of likely N-dealkylation sites (N-methyl/N-ethyl adjacent to an activating group) is 1. The summed E-state index contributed by atoms with van der Waals surface area (Å²) in [6, 6.07) is 16.8. The fraction of sp³-hybridized carbons (Fsp3) is 0.525. The molecule has 6 bridgehead atoms. The molecule has 6 heterocycles. The van der Waals surface area contributed by atoms with Gasteiger partial charge in [-0.25, -0.2) is 0 Å². The van der Waals surface area contributed by atoms with Gasteiger partial charge >= 0.3 is 5.97 Å². The highest BCUT2D eigenvalue weighted by Gasteiger charge is 2.49. The summed E-state index contributed by atoms with van der Waals surface area (Å²) in [5.41, 5.74) is 11.0. The number of ether oxygens (including phenoxy) is 1. The maximum atomic E-state index is 13.6. The molecule has 9 atom stereocenters. The van der Waals surface area contributed by atoms with Gasteiger partial charge in [0.2, 0.25) is 0 Å². The summed E-state index contributed by atoms with van der Waals surface area (Å²) in [7, 11) is 3.74. The van der Waals surface area contributed by atoms with E-state index in [0.29, 0.717) is 12.0 Å². The molecule has 4 fully saturated rings. The summed E-state index contributed by atoms with van der Waals surface area (Å²) in [6.45, 7) is 7.93. The van der Waals surface area contributed by atoms with Crippen molar-refractivity contribution < 1.29 is 9.53 Å². The van der Waals surface area contributed by atoms with Gasteiger partial charge in [-0.15, -0.1) is 0 Å². The van der Waals surface area contributed by atoms with Crippen molar-refractivity contribution in [3.8, 4) is 0 Å². The first-order valence-electron chi connectivity index (χ1n) is 17.9. The molecule has 1 saturated carbocycles. The number of piperidine rings is 3. The van der Waals surface area contributed by atoms with Crippen LogP contribution >= 0.6 is 0 Å². The van der Waals surface area contributed by atoms with E-state index in [0.717, 1.165) is 37.6 Å². The number of aromatic amines is 2. The highest BCUT2D eigenvalue weighted by atomic mass is 16.5. The molecule has 0 radical (unpaired) electrons. The number of allylic oxidation sites excluding steroid dienone is 1. The van der Waals surface area contributed by atoms with E-state index >= 15 is 0 Å². The molecule has 10 rings (SSSR count). The quantitative estimate of drug-likeness (QED) is 0.190. The van der Waals surface area contributed by atoms with E-state index in [2.05, 4.69) is 89.2 Å². The van der Waals surface area contributed by atoms with Gasteiger partial charge in [-0.2, -0.15) is 0 Å². The zero-order chi connectivity index (χ0) is 31.3. The summed E-state index contributed by atoms with van der Waals surface area (Å²) in [4.78, 5) is 26.9. The predicted molar refractivity (Wildman–Crippen MR) is 184 cm³/mol. The Kier molecular flexibility index (Phi) is 6.80. The second-order valence-corrected chi connectivity index (χ2v) is 15.2. The van der Waals surface area contributed by atoms with Crippen LogP contribution < -0.4 is 0 Å². The van der Waals surface area contributed by atoms with E-state index in [-0.39, 0.29) is 29.8 Å². The summed E-state index contributed by atoms with van der Waals surface area (Å²) in [5.74, 6) is 2.30. The summed E-state index contributed by atoms with van der Waals surface area (Å²) >= 11 is 0. The van der Waals surface area contributed by atoms with Gasteiger partial charge in [0.15, 0.2) is 0 Å². The molecular formula is C40H48N4O2. The molecule has 240 valence electrons. The van der Waals surface area contributed by atoms with Crippen LogP contribution in [0.4, 0.5) is 0 Å². The highest BCUT2D eigenvalue weighted by Crippen LogP contribution is 2.52. The number of esters is 1. The molecule has 2 N–H and O–H groups in total. The molecule has 0 amide bonds. The van der Waals surface area contributed by atoms with Crippen molar-refractivity contribution in [3.63, 3.8) is 0 Å². The molecule has 6 heteroatoms. The number of nitrogens with zero attached hydrogens (tertiary/aromatic N) is 2. The lowest BCUT2D eigenvalue weighted by molar-refractivity contribution is -0.151. The molecule has 2 aromatic carbocycles. The van der Waals surface area contributed by atoms with Crippen molar-refractivity contribution in [1.82, 2.24) is 19.8 Å². The van der Waals surface area contributed by atoms with Crippen LogP contribution in [0.2, 0.25) is 0 Å². The van der Waals surface area contributed by atoms with Crippen LogP contribution in [0.25, 0.3) is 21.8 Å². The molecule has 4 aromatic rings. The van der Waals surface area contributed by atoms with Gasteiger partial charge < -0.3 is 14.7 Å². The van der Waals surface area contributed by atoms with E-state index in [9.17, 15) is 4.79 Å². The van der Waals surface area contributed by atoms with E-state index < -0.39 is 0 Å². The summed E-state index contributed by atoms with van der Waals surface area (Å²) in [5, 5.41) is 2.70. The Morgan fingerprint density at radius 2 is 1.83 bits per heavy atom. The lowest BCUT2D eigenvalue weighted by Crippen LogP contribution is -2.56. The van der Waals surface area contributed by atoms with Gasteiger partial charge in [-0.05, 0) is 92.7 Å². The molecule has 3 saturated heterocycles. The van der Waals surface area contributed by atoms with Crippen LogP contribution in [0, 0.1) is 23.7 Å². The Hall–Kier alpha value is -3.35. The maximum Gasteiger partial charge on any atom is 0.310 e. The van der Waals surface area contributed by atoms with Gasteiger partial charge in [0.1, 0.15) is 0 Å². The number of methoxy groups -OCH3 is 1. The molecule has 46 heavy (non-hydrogen) atoms. The van der Waals surface area contributed by atoms with Crippen molar-refractivity contribution in [2.24, 2.45) is 23.7 Å². The average Bonchev–Trinajstić information content (AvgIpc) is 3.60. The third-order valence-electron chi connectivity index (χ3n) is 13.2. The molecular weight excluding hydrogens is 568 g/mol. The van der Waals surface area contributed by atoms with Gasteiger partial charge in [0.25, 0.3) is 0 Å². The number of fused-ring (bicyclic) bond motifs is 9. The SMILES string of the molecule is C/C=C1/CN(C)[C@H]2Cc3c([nH]c4ccccc34)[C@H](c3ccc4c5c([nH]c4c3)[C@@H]3C[C@H]4C[C@H](CC)[C@@H]3N(CC5)C4)C[C@@H]1[C@@H]2C(=O)OC. The number of hydrogen-bond donors (Lipinski definition) is 2. The van der Waals surface area contributed by atoms with E-state index in [1.54, 1.807) is 12.7 Å². The number of nitrogens with one attached hydrogen (secondary N) is 2. The Balaban J connectivity index is 1.19. The standard InChI is InChI=1S/C40H48N4O2/c1-5-23-15-22-16-32-37-28(13-14-44(20-22)39(23)32)27-12-11-25(17-34(27)42-37)30-18-29-24(6-2)21-43(3)35(36(29)40(45)46-4)19-31-26-9-7-8-10-33(26)41-38(30)31/h6-12,17,22-23,29-30,32,35-36,39,41-42H,5,13-16,18-21H2,1-4H3/b24-6-/t22-,23+,29+,30+,32+,35+,36+,39+/m1/s1. The van der Waals surface area contributed by atoms with E-state index in [1.165, 1.54) is 82.2 Å². The number of aromatic nitrogens is 2. The van der Waals surface area contributed by atoms with Gasteiger partial charge in [0.05, 0.1) is 13.0 Å². The van der Waals surface area contributed by atoms with Crippen molar-refractivity contribution in [2.45, 2.75) is 76.3 Å². The molecule has 2 aromatic heterocycles. The highest BCUT2D eigenvalue weighted by molar-refractivity contribution is 5.88. The minimum Gasteiger partial charge on any atom is -0.469 e. The lowest BCUT2D eigenvalue weighted by atomic mass is 9.65. The first-order valence-corrected chi connectivity index (χ1v) is 17.9. The van der Waals surface area contributed by atoms with E-state index in [4.69, 9.17) is 4.74 Å². The smallest absolute Gasteiger partial charge is 0.310 e. The van der Waals surface area contributed by atoms with Crippen molar-refractivity contribution >= 4 is 27.8 Å². The minimum absolute atomic E-state index is 0.0762. The van der Waals surface area contributed by atoms with Crippen molar-refractivity contribution in [2.75, 3.05) is 33.8 Å². The first-order chi connectivity index (χ1) is 22.5. The number of carbonyl (C=O) groups is 1. The van der Waals surface area contributed by atoms with Crippen LogP contribution in [0.3, 0.4) is 0 Å². The van der Waals surface area contributed by atoms with Crippen LogP contribution in [-0.4, -0.2) is 71.6 Å². The lowest BCUT2D eigenvalue weighted by Gasteiger charge is -2.53. The fourth-order valence-electron chi connectivity index (χ4n) is 11.2. The van der Waals surface area contributed by atoms with E-state index in [1.807, 2.05) is 0 Å². The van der Waals surface area contributed by atoms with Crippen molar-refractivity contribution in [3.05, 3.63) is 82.2 Å². The van der Waals surface area contributed by atoms with Crippen molar-refractivity contribution in [1.29, 1.82) is 0 Å². The number of hydrogen-bond acceptors (Lipinski definition) is 4. The second-order valence-electron chi connectivity index (χ2n) is 15.2. The third-order valence-corrected chi connectivity index (χ3v) is 13.2. The monoisotopic (exact) mass is 616 g/mol. The maximum absolute atomic E-state index is 13.6. The zero-order valence-corrected chi connectivity index (χ0v) is 27.8. The molecule has 2 aliphatic carbocycles. The second kappa shape index (κ2) is 10.8. The number of likely N-dealkylation sites (tertiary alicyclic amines) is 1. The van der Waals surface area contributed by atoms with Crippen LogP contribution in [0.5, 0.6) is 0 Å². The predicted octanol–water partition coefficient (Wildman–Crippen LogP) is 7.15. The first kappa shape index (κ1) is 28.8. The third kappa shape index (κ3) is 4.18. The fourth-order valence-corrected chi connectivity index (χ4v) is 11.2. The normalized spacial score (nSPS) is 34.6. The number of rotatable bonds is 3. The van der Waals surface area contributed by atoms with Crippen LogP contribution in [-0.2, 0) is 22.4 Å². The molecule has 6 aliphatic rings. The van der Waals surface area contributed by atoms with Crippen LogP contribution in [0.15, 0.2) is 54.1 Å². The van der Waals surface area contributed by atoms with Gasteiger partial charge in [-0.1, -0.05) is 55.3 Å². The van der Waals surface area contributed by atoms with Gasteiger partial charge in [-0.3, -0.25) is 14.6 Å². The number of para-hydroxylation sites is 1. The number of H-pyrrole nitrogens is 2.